The van der Waals surface area contributed by atoms with Crippen LogP contribution in [0.25, 0.3) is 10.9 Å². The monoisotopic (exact) mass is 329 g/mol. The predicted molar refractivity (Wildman–Crippen MR) is 93.6 cm³/mol. The number of nitrogens with zero attached hydrogens (tertiary/aromatic N) is 2. The molecule has 2 heterocycles. The van der Waals surface area contributed by atoms with Gasteiger partial charge >= 0.3 is 11.8 Å². The van der Waals surface area contributed by atoms with Crippen LogP contribution in [0, 0.1) is 6.92 Å². The highest BCUT2D eigenvalue weighted by atomic mass is 32.2. The third kappa shape index (κ3) is 3.47. The number of rotatable bonds is 1. The van der Waals surface area contributed by atoms with E-state index < -0.39 is 11.8 Å². The van der Waals surface area contributed by atoms with Crippen LogP contribution >= 0.6 is 11.8 Å². The Hall–Kier alpha value is -2.08. The lowest BCUT2D eigenvalue weighted by atomic mass is 10.1. The molecule has 1 N–H and O–H groups in total. The number of hydrogen-bond donors (Lipinski definition) is 1. The number of carbonyl (C=O) groups excluding carboxylic acids is 2. The van der Waals surface area contributed by atoms with Crippen LogP contribution in [-0.4, -0.2) is 46.3 Å². The Labute approximate surface area is 139 Å². The van der Waals surface area contributed by atoms with Crippen molar-refractivity contribution in [1.29, 1.82) is 0 Å². The number of carbonyl (C=O) groups is 2. The van der Waals surface area contributed by atoms with Crippen LogP contribution in [0.3, 0.4) is 0 Å². The first-order valence-electron chi connectivity index (χ1n) is 7.69. The number of thioether (sulfide) groups is 1. The van der Waals surface area contributed by atoms with Gasteiger partial charge in [0.25, 0.3) is 0 Å². The third-order valence-electron chi connectivity index (χ3n) is 3.92. The standard InChI is InChI=1S/C17H19N3O2S/c1-12-5-6-14(13-4-2-7-18-15(12)13)19-16(21)17(22)20-8-3-10-23-11-9-20/h2,4-7H,3,8-11H2,1H3,(H,19,21). The van der Waals surface area contributed by atoms with E-state index in [0.29, 0.717) is 18.8 Å². The zero-order valence-corrected chi connectivity index (χ0v) is 13.9. The lowest BCUT2D eigenvalue weighted by molar-refractivity contribution is -0.142. The van der Waals surface area contributed by atoms with Crippen molar-refractivity contribution in [3.05, 3.63) is 36.0 Å². The molecule has 0 bridgehead atoms. The van der Waals surface area contributed by atoms with Gasteiger partial charge < -0.3 is 10.2 Å². The molecule has 3 rings (SSSR count). The molecule has 0 radical (unpaired) electrons. The Morgan fingerprint density at radius 2 is 2.09 bits per heavy atom. The van der Waals surface area contributed by atoms with Crippen LogP contribution < -0.4 is 5.32 Å². The van der Waals surface area contributed by atoms with Gasteiger partial charge in [-0.25, -0.2) is 0 Å². The summed E-state index contributed by atoms with van der Waals surface area (Å²) in [4.78, 5) is 30.7. The summed E-state index contributed by atoms with van der Waals surface area (Å²) in [5, 5.41) is 3.60. The predicted octanol–water partition coefficient (Wildman–Crippen LogP) is 2.45. The zero-order chi connectivity index (χ0) is 16.2. The second-order valence-corrected chi connectivity index (χ2v) is 6.77. The van der Waals surface area contributed by atoms with Gasteiger partial charge in [0.15, 0.2) is 0 Å². The molecule has 0 atom stereocenters. The van der Waals surface area contributed by atoms with E-state index in [-0.39, 0.29) is 0 Å². The summed E-state index contributed by atoms with van der Waals surface area (Å²) < 4.78 is 0. The van der Waals surface area contributed by atoms with Crippen LogP contribution in [0.5, 0.6) is 0 Å². The van der Waals surface area contributed by atoms with Crippen LogP contribution in [-0.2, 0) is 9.59 Å². The molecule has 1 fully saturated rings. The summed E-state index contributed by atoms with van der Waals surface area (Å²) in [6, 6.07) is 7.45. The molecule has 1 saturated heterocycles. The van der Waals surface area contributed by atoms with Crippen molar-refractivity contribution in [2.24, 2.45) is 0 Å². The molecule has 0 aliphatic carbocycles. The molecule has 2 aromatic rings. The van der Waals surface area contributed by atoms with Gasteiger partial charge in [0.2, 0.25) is 0 Å². The van der Waals surface area contributed by atoms with Gasteiger partial charge in [-0.3, -0.25) is 14.6 Å². The molecule has 120 valence electrons. The Balaban J connectivity index is 1.80. The van der Waals surface area contributed by atoms with E-state index in [4.69, 9.17) is 0 Å². The minimum Gasteiger partial charge on any atom is -0.334 e. The normalized spacial score (nSPS) is 15.3. The van der Waals surface area contributed by atoms with E-state index in [1.165, 1.54) is 0 Å². The highest BCUT2D eigenvalue weighted by molar-refractivity contribution is 7.99. The number of anilines is 1. The number of aryl methyl sites for hydroxylation is 1. The number of nitrogens with one attached hydrogen (secondary N) is 1. The molecule has 1 aliphatic rings. The van der Waals surface area contributed by atoms with Crippen LogP contribution in [0.2, 0.25) is 0 Å². The van der Waals surface area contributed by atoms with Gasteiger partial charge in [-0.05, 0) is 42.9 Å². The highest BCUT2D eigenvalue weighted by Gasteiger charge is 2.23. The topological polar surface area (TPSA) is 62.3 Å². The van der Waals surface area contributed by atoms with Gasteiger partial charge in [0, 0.05) is 30.4 Å². The van der Waals surface area contributed by atoms with E-state index in [9.17, 15) is 9.59 Å². The van der Waals surface area contributed by atoms with Crippen LogP contribution in [0.1, 0.15) is 12.0 Å². The number of hydrogen-bond acceptors (Lipinski definition) is 4. The molecular formula is C17H19N3O2S. The Bertz CT molecular complexity index is 740. The molecule has 1 aromatic heterocycles. The third-order valence-corrected chi connectivity index (χ3v) is 4.97. The Morgan fingerprint density at radius 3 is 2.96 bits per heavy atom. The molecule has 23 heavy (non-hydrogen) atoms. The van der Waals surface area contributed by atoms with Gasteiger partial charge in [-0.2, -0.15) is 11.8 Å². The van der Waals surface area contributed by atoms with Crippen molar-refractivity contribution in [3.63, 3.8) is 0 Å². The fraction of sp³-hybridized carbons (Fsp3) is 0.353. The Morgan fingerprint density at radius 1 is 1.22 bits per heavy atom. The molecule has 2 amide bonds. The second-order valence-electron chi connectivity index (χ2n) is 5.54. The summed E-state index contributed by atoms with van der Waals surface area (Å²) in [5.74, 6) is 0.895. The van der Waals surface area contributed by atoms with Crippen molar-refractivity contribution in [1.82, 2.24) is 9.88 Å². The van der Waals surface area contributed by atoms with Crippen LogP contribution in [0.15, 0.2) is 30.5 Å². The van der Waals surface area contributed by atoms with Crippen molar-refractivity contribution < 1.29 is 9.59 Å². The number of fused-ring (bicyclic) bond motifs is 1. The fourth-order valence-corrected chi connectivity index (χ4v) is 3.58. The second kappa shape index (κ2) is 7.00. The quantitative estimate of drug-likeness (QED) is 0.816. The van der Waals surface area contributed by atoms with Crippen molar-refractivity contribution in [2.75, 3.05) is 29.9 Å². The zero-order valence-electron chi connectivity index (χ0n) is 13.0. The minimum absolute atomic E-state index is 0.454. The molecule has 1 aromatic carbocycles. The number of pyridine rings is 1. The summed E-state index contributed by atoms with van der Waals surface area (Å²) in [6.07, 6.45) is 2.65. The highest BCUT2D eigenvalue weighted by Crippen LogP contribution is 2.24. The lowest BCUT2D eigenvalue weighted by Crippen LogP contribution is -2.40. The maximum Gasteiger partial charge on any atom is 0.313 e. The van der Waals surface area contributed by atoms with Crippen LogP contribution in [0.4, 0.5) is 5.69 Å². The first-order chi connectivity index (χ1) is 11.2. The fourth-order valence-electron chi connectivity index (χ4n) is 2.69. The molecule has 5 nitrogen and oxygen atoms in total. The average Bonchev–Trinajstić information content (AvgIpc) is 2.86. The summed E-state index contributed by atoms with van der Waals surface area (Å²) in [6.45, 7) is 3.25. The average molecular weight is 329 g/mol. The number of benzene rings is 1. The van der Waals surface area contributed by atoms with E-state index in [0.717, 1.165) is 34.4 Å². The molecule has 1 aliphatic heterocycles. The molecule has 0 spiro atoms. The van der Waals surface area contributed by atoms with Gasteiger partial charge in [0.05, 0.1) is 11.2 Å². The molecule has 0 unspecified atom stereocenters. The Kier molecular flexibility index (Phi) is 4.81. The molecule has 6 heteroatoms. The minimum atomic E-state index is -0.578. The van der Waals surface area contributed by atoms with Gasteiger partial charge in [0.1, 0.15) is 0 Å². The first-order valence-corrected chi connectivity index (χ1v) is 8.84. The van der Waals surface area contributed by atoms with Crippen molar-refractivity contribution in [3.8, 4) is 0 Å². The number of amides is 2. The summed E-state index contributed by atoms with van der Waals surface area (Å²) in [5.41, 5.74) is 2.50. The summed E-state index contributed by atoms with van der Waals surface area (Å²) in [7, 11) is 0. The van der Waals surface area contributed by atoms with Gasteiger partial charge in [-0.1, -0.05) is 6.07 Å². The largest absolute Gasteiger partial charge is 0.334 e. The first kappa shape index (κ1) is 15.8. The smallest absolute Gasteiger partial charge is 0.313 e. The maximum absolute atomic E-state index is 12.3. The van der Waals surface area contributed by atoms with E-state index in [1.54, 1.807) is 11.1 Å². The number of aromatic nitrogens is 1. The van der Waals surface area contributed by atoms with Crippen molar-refractivity contribution in [2.45, 2.75) is 13.3 Å². The van der Waals surface area contributed by atoms with Gasteiger partial charge in [-0.15, -0.1) is 0 Å². The summed E-state index contributed by atoms with van der Waals surface area (Å²) >= 11 is 1.82. The molecular weight excluding hydrogens is 310 g/mol. The lowest BCUT2D eigenvalue weighted by Gasteiger charge is -2.19. The van der Waals surface area contributed by atoms with E-state index >= 15 is 0 Å². The van der Waals surface area contributed by atoms with E-state index in [2.05, 4.69) is 10.3 Å². The van der Waals surface area contributed by atoms with Crippen molar-refractivity contribution >= 4 is 40.2 Å². The SMILES string of the molecule is Cc1ccc(NC(=O)C(=O)N2CCCSCC2)c2cccnc12. The van der Waals surface area contributed by atoms with E-state index in [1.807, 2.05) is 43.0 Å². The molecule has 0 saturated carbocycles. The maximum atomic E-state index is 12.3.